The molecule has 0 spiro atoms. The second kappa shape index (κ2) is 5.52. The number of hydrogen-bond acceptors (Lipinski definition) is 2. The van der Waals surface area contributed by atoms with Crippen LogP contribution < -0.4 is 10.6 Å². The van der Waals surface area contributed by atoms with Crippen LogP contribution in [0.4, 0.5) is 4.39 Å². The van der Waals surface area contributed by atoms with Crippen LogP contribution in [0.2, 0.25) is 0 Å². The molecule has 0 radical (unpaired) electrons. The zero-order valence-corrected chi connectivity index (χ0v) is 11.6. The van der Waals surface area contributed by atoms with Crippen molar-refractivity contribution in [2.75, 3.05) is 13.1 Å². The van der Waals surface area contributed by atoms with Crippen LogP contribution in [0.5, 0.6) is 0 Å². The average molecular weight is 276 g/mol. The number of hydrogen-bond donors (Lipinski definition) is 2. The van der Waals surface area contributed by atoms with Gasteiger partial charge in [0.15, 0.2) is 0 Å². The minimum absolute atomic E-state index is 0.00313. The molecule has 1 aromatic rings. The number of halogens is 1. The minimum Gasteiger partial charge on any atom is -0.354 e. The normalized spacial score (nSPS) is 23.6. The Bertz CT molecular complexity index is 476. The van der Waals surface area contributed by atoms with Crippen molar-refractivity contribution in [3.8, 4) is 0 Å². The second-order valence-electron chi connectivity index (χ2n) is 6.17. The third-order valence-electron chi connectivity index (χ3n) is 4.46. The van der Waals surface area contributed by atoms with Gasteiger partial charge in [-0.05, 0) is 61.8 Å². The monoisotopic (exact) mass is 276 g/mol. The van der Waals surface area contributed by atoms with E-state index in [0.29, 0.717) is 0 Å². The van der Waals surface area contributed by atoms with Gasteiger partial charge in [-0.1, -0.05) is 12.1 Å². The maximum atomic E-state index is 12.9. The summed E-state index contributed by atoms with van der Waals surface area (Å²) in [6.07, 6.45) is 5.23. The number of nitrogens with one attached hydrogen (secondary N) is 2. The molecular formula is C16H21FN2O. The molecule has 1 aliphatic heterocycles. The first-order chi connectivity index (χ1) is 9.67. The minimum atomic E-state index is -0.195. The van der Waals surface area contributed by atoms with E-state index in [1.54, 1.807) is 0 Å². The van der Waals surface area contributed by atoms with E-state index in [1.165, 1.54) is 12.1 Å². The Morgan fingerprint density at radius 1 is 1.35 bits per heavy atom. The van der Waals surface area contributed by atoms with Gasteiger partial charge in [-0.25, -0.2) is 4.39 Å². The molecule has 2 N–H and O–H groups in total. The lowest BCUT2D eigenvalue weighted by atomic mass is 9.96. The summed E-state index contributed by atoms with van der Waals surface area (Å²) in [7, 11) is 0. The van der Waals surface area contributed by atoms with Crippen molar-refractivity contribution in [3.63, 3.8) is 0 Å². The number of carbonyl (C=O) groups is 1. The zero-order chi connectivity index (χ0) is 14.0. The first kappa shape index (κ1) is 13.6. The van der Waals surface area contributed by atoms with E-state index in [4.69, 9.17) is 0 Å². The molecule has 1 aliphatic carbocycles. The first-order valence-electron chi connectivity index (χ1n) is 7.42. The highest BCUT2D eigenvalue weighted by Crippen LogP contribution is 2.47. The quantitative estimate of drug-likeness (QED) is 0.864. The van der Waals surface area contributed by atoms with E-state index >= 15 is 0 Å². The highest BCUT2D eigenvalue weighted by Gasteiger charge is 2.42. The molecule has 1 atom stereocenters. The SMILES string of the molecule is O=C(NCC1(Cc2ccc(F)cc2)CC1)C1CCCN1. The van der Waals surface area contributed by atoms with Gasteiger partial charge in [-0.15, -0.1) is 0 Å². The Labute approximate surface area is 118 Å². The Kier molecular flexibility index (Phi) is 3.74. The van der Waals surface area contributed by atoms with Gasteiger partial charge in [-0.3, -0.25) is 4.79 Å². The van der Waals surface area contributed by atoms with Crippen LogP contribution in [0.15, 0.2) is 24.3 Å². The van der Waals surface area contributed by atoms with Crippen LogP contribution in [0, 0.1) is 11.2 Å². The second-order valence-corrected chi connectivity index (χ2v) is 6.17. The van der Waals surface area contributed by atoms with Crippen LogP contribution in [-0.2, 0) is 11.2 Å². The van der Waals surface area contributed by atoms with Gasteiger partial charge in [0.25, 0.3) is 0 Å². The van der Waals surface area contributed by atoms with Crippen molar-refractivity contribution in [3.05, 3.63) is 35.6 Å². The van der Waals surface area contributed by atoms with Gasteiger partial charge in [0, 0.05) is 6.54 Å². The van der Waals surface area contributed by atoms with Crippen molar-refractivity contribution >= 4 is 5.91 Å². The molecule has 108 valence electrons. The lowest BCUT2D eigenvalue weighted by molar-refractivity contribution is -0.123. The lowest BCUT2D eigenvalue weighted by Crippen LogP contribution is -2.42. The maximum absolute atomic E-state index is 12.9. The lowest BCUT2D eigenvalue weighted by Gasteiger charge is -2.18. The van der Waals surface area contributed by atoms with Crippen molar-refractivity contribution in [2.24, 2.45) is 5.41 Å². The van der Waals surface area contributed by atoms with E-state index in [9.17, 15) is 9.18 Å². The smallest absolute Gasteiger partial charge is 0.237 e. The van der Waals surface area contributed by atoms with Crippen LogP contribution >= 0.6 is 0 Å². The number of carbonyl (C=O) groups excluding carboxylic acids is 1. The summed E-state index contributed by atoms with van der Waals surface area (Å²) in [4.78, 5) is 12.0. The van der Waals surface area contributed by atoms with Crippen molar-refractivity contribution in [1.82, 2.24) is 10.6 Å². The van der Waals surface area contributed by atoms with Crippen molar-refractivity contribution in [2.45, 2.75) is 38.1 Å². The fourth-order valence-corrected chi connectivity index (χ4v) is 2.93. The molecular weight excluding hydrogens is 255 g/mol. The summed E-state index contributed by atoms with van der Waals surface area (Å²) in [6, 6.07) is 6.70. The van der Waals surface area contributed by atoms with Gasteiger partial charge < -0.3 is 10.6 Å². The summed E-state index contributed by atoms with van der Waals surface area (Å²) in [5, 5.41) is 6.30. The highest BCUT2D eigenvalue weighted by atomic mass is 19.1. The van der Waals surface area contributed by atoms with E-state index in [1.807, 2.05) is 12.1 Å². The van der Waals surface area contributed by atoms with Gasteiger partial charge in [0.2, 0.25) is 5.91 Å². The molecule has 3 nitrogen and oxygen atoms in total. The van der Waals surface area contributed by atoms with E-state index < -0.39 is 0 Å². The fourth-order valence-electron chi connectivity index (χ4n) is 2.93. The molecule has 0 aromatic heterocycles. The Hall–Kier alpha value is -1.42. The molecule has 1 saturated heterocycles. The summed E-state index contributed by atoms with van der Waals surface area (Å²) in [5.41, 5.74) is 1.35. The van der Waals surface area contributed by atoms with Gasteiger partial charge in [-0.2, -0.15) is 0 Å². The number of benzene rings is 1. The molecule has 1 aromatic carbocycles. The largest absolute Gasteiger partial charge is 0.354 e. The third kappa shape index (κ3) is 3.18. The number of amides is 1. The average Bonchev–Trinajstić information content (AvgIpc) is 3.00. The summed E-state index contributed by atoms with van der Waals surface area (Å²) in [5.74, 6) is -0.0629. The van der Waals surface area contributed by atoms with Gasteiger partial charge in [0.1, 0.15) is 5.82 Å². The van der Waals surface area contributed by atoms with Crippen molar-refractivity contribution < 1.29 is 9.18 Å². The first-order valence-corrected chi connectivity index (χ1v) is 7.42. The molecule has 1 amide bonds. The molecule has 1 unspecified atom stereocenters. The summed E-state index contributed by atoms with van der Waals surface area (Å²) >= 11 is 0. The van der Waals surface area contributed by atoms with E-state index in [2.05, 4.69) is 10.6 Å². The molecule has 1 heterocycles. The molecule has 20 heavy (non-hydrogen) atoms. The number of rotatable bonds is 5. The van der Waals surface area contributed by atoms with Crippen LogP contribution in [-0.4, -0.2) is 25.0 Å². The predicted molar refractivity (Wildman–Crippen MR) is 75.8 cm³/mol. The molecule has 4 heteroatoms. The molecule has 2 aliphatic rings. The molecule has 3 rings (SSSR count). The Morgan fingerprint density at radius 3 is 2.70 bits per heavy atom. The summed E-state index contributed by atoms with van der Waals surface area (Å²) in [6.45, 7) is 1.68. The van der Waals surface area contributed by atoms with Crippen LogP contribution in [0.25, 0.3) is 0 Å². The topological polar surface area (TPSA) is 41.1 Å². The van der Waals surface area contributed by atoms with Crippen molar-refractivity contribution in [1.29, 1.82) is 0 Å². The van der Waals surface area contributed by atoms with Gasteiger partial charge in [0.05, 0.1) is 6.04 Å². The third-order valence-corrected chi connectivity index (χ3v) is 4.46. The Balaban J connectivity index is 1.51. The maximum Gasteiger partial charge on any atom is 0.237 e. The highest BCUT2D eigenvalue weighted by molar-refractivity contribution is 5.82. The molecule has 1 saturated carbocycles. The fraction of sp³-hybridized carbons (Fsp3) is 0.562. The molecule has 0 bridgehead atoms. The van der Waals surface area contributed by atoms with E-state index in [0.717, 1.165) is 50.8 Å². The van der Waals surface area contributed by atoms with Crippen LogP contribution in [0.1, 0.15) is 31.2 Å². The Morgan fingerprint density at radius 2 is 2.10 bits per heavy atom. The summed E-state index contributed by atoms with van der Waals surface area (Å²) < 4.78 is 12.9. The predicted octanol–water partition coefficient (Wildman–Crippen LogP) is 2.02. The standard InChI is InChI=1S/C16H21FN2O/c17-13-5-3-12(4-6-13)10-16(7-8-16)11-19-15(20)14-2-1-9-18-14/h3-6,14,18H,1-2,7-11H2,(H,19,20). The zero-order valence-electron chi connectivity index (χ0n) is 11.6. The van der Waals surface area contributed by atoms with E-state index in [-0.39, 0.29) is 23.2 Å². The van der Waals surface area contributed by atoms with Gasteiger partial charge >= 0.3 is 0 Å². The van der Waals surface area contributed by atoms with Crippen LogP contribution in [0.3, 0.4) is 0 Å². The molecule has 2 fully saturated rings.